The first-order chi connectivity index (χ1) is 8.36. The predicted octanol–water partition coefficient (Wildman–Crippen LogP) is -0.0122. The molecule has 0 saturated carbocycles. The molecule has 0 spiro atoms. The van der Waals surface area contributed by atoms with E-state index in [-0.39, 0.29) is 12.4 Å². The van der Waals surface area contributed by atoms with Gasteiger partial charge in [0.25, 0.3) is 0 Å². The average molecular weight is 254 g/mol. The molecule has 1 aromatic heterocycles. The maximum absolute atomic E-state index is 10.9. The topological polar surface area (TPSA) is 115 Å². The van der Waals surface area contributed by atoms with E-state index < -0.39 is 11.4 Å². The van der Waals surface area contributed by atoms with Crippen molar-refractivity contribution in [2.75, 3.05) is 24.8 Å². The van der Waals surface area contributed by atoms with Crippen molar-refractivity contribution < 1.29 is 9.53 Å². The van der Waals surface area contributed by atoms with Crippen LogP contribution in [0.15, 0.2) is 0 Å². The number of ether oxygens (including phenoxy) is 1. The van der Waals surface area contributed by atoms with Crippen LogP contribution in [-0.2, 0) is 4.79 Å². The zero-order valence-electron chi connectivity index (χ0n) is 10.9. The van der Waals surface area contributed by atoms with Crippen molar-refractivity contribution in [3.63, 3.8) is 0 Å². The highest BCUT2D eigenvalue weighted by molar-refractivity contribution is 5.75. The minimum absolute atomic E-state index is 0.163. The predicted molar refractivity (Wildman–Crippen MR) is 67.4 cm³/mol. The van der Waals surface area contributed by atoms with E-state index >= 15 is 0 Å². The number of hydrogen-bond donors (Lipinski definition) is 3. The van der Waals surface area contributed by atoms with Crippen molar-refractivity contribution in [1.29, 1.82) is 0 Å². The number of nitrogens with two attached hydrogens (primary N) is 1. The van der Waals surface area contributed by atoms with Gasteiger partial charge in [0.05, 0.1) is 7.11 Å². The monoisotopic (exact) mass is 254 g/mol. The summed E-state index contributed by atoms with van der Waals surface area (Å²) >= 11 is 0. The Morgan fingerprint density at radius 1 is 1.33 bits per heavy atom. The molecule has 0 atom stereocenters. The molecule has 0 fully saturated rings. The van der Waals surface area contributed by atoms with Crippen LogP contribution in [-0.4, -0.2) is 40.6 Å². The SMILES string of the molecule is CNc1nc(NC(C)(C)CC(N)=O)nc(OC)n1. The second kappa shape index (κ2) is 5.48. The number of methoxy groups -OCH3 is 1. The van der Waals surface area contributed by atoms with E-state index in [1.165, 1.54) is 7.11 Å². The van der Waals surface area contributed by atoms with Crippen LogP contribution in [0.4, 0.5) is 11.9 Å². The van der Waals surface area contributed by atoms with Gasteiger partial charge < -0.3 is 21.1 Å². The molecule has 1 aromatic rings. The third kappa shape index (κ3) is 4.04. The number of carbonyl (C=O) groups is 1. The molecule has 1 heterocycles. The fourth-order valence-corrected chi connectivity index (χ4v) is 1.40. The van der Waals surface area contributed by atoms with E-state index in [0.29, 0.717) is 11.9 Å². The molecule has 0 saturated heterocycles. The normalized spacial score (nSPS) is 10.9. The van der Waals surface area contributed by atoms with Crippen molar-refractivity contribution in [2.45, 2.75) is 25.8 Å². The third-order valence-electron chi connectivity index (χ3n) is 2.09. The van der Waals surface area contributed by atoms with Crippen LogP contribution < -0.4 is 21.1 Å². The fourth-order valence-electron chi connectivity index (χ4n) is 1.40. The lowest BCUT2D eigenvalue weighted by Crippen LogP contribution is -2.36. The Labute approximate surface area is 105 Å². The summed E-state index contributed by atoms with van der Waals surface area (Å²) in [4.78, 5) is 23.1. The summed E-state index contributed by atoms with van der Waals surface area (Å²) in [6.07, 6.45) is 0.163. The lowest BCUT2D eigenvalue weighted by molar-refractivity contribution is -0.118. The second-order valence-corrected chi connectivity index (χ2v) is 4.37. The molecule has 0 aliphatic carbocycles. The standard InChI is InChI=1S/C10H18N6O2/c1-10(2,5-6(11)17)16-8-13-7(12-3)14-9(15-8)18-4/h5H2,1-4H3,(H2,11,17)(H2,12,13,14,15,16). The Bertz CT molecular complexity index is 412. The Hall–Kier alpha value is -2.12. The highest BCUT2D eigenvalue weighted by atomic mass is 16.5. The van der Waals surface area contributed by atoms with Gasteiger partial charge in [-0.3, -0.25) is 4.79 Å². The Morgan fingerprint density at radius 2 is 1.94 bits per heavy atom. The molecule has 0 aliphatic heterocycles. The number of amides is 1. The van der Waals surface area contributed by atoms with Crippen molar-refractivity contribution in [3.05, 3.63) is 0 Å². The average Bonchev–Trinajstić information content (AvgIpc) is 2.25. The van der Waals surface area contributed by atoms with Gasteiger partial charge in [-0.2, -0.15) is 15.0 Å². The molecular formula is C10H18N6O2. The van der Waals surface area contributed by atoms with Gasteiger partial charge >= 0.3 is 6.01 Å². The molecule has 0 aliphatic rings. The van der Waals surface area contributed by atoms with Gasteiger partial charge in [-0.05, 0) is 13.8 Å². The van der Waals surface area contributed by atoms with Crippen molar-refractivity contribution >= 4 is 17.8 Å². The van der Waals surface area contributed by atoms with E-state index in [0.717, 1.165) is 0 Å². The number of nitrogens with zero attached hydrogens (tertiary/aromatic N) is 3. The Kier molecular flexibility index (Phi) is 4.24. The van der Waals surface area contributed by atoms with Crippen LogP contribution in [0.5, 0.6) is 6.01 Å². The molecule has 0 bridgehead atoms. The number of anilines is 2. The van der Waals surface area contributed by atoms with Crippen LogP contribution >= 0.6 is 0 Å². The van der Waals surface area contributed by atoms with Gasteiger partial charge in [-0.15, -0.1) is 0 Å². The van der Waals surface area contributed by atoms with Crippen LogP contribution in [0.2, 0.25) is 0 Å². The summed E-state index contributed by atoms with van der Waals surface area (Å²) in [6.45, 7) is 3.65. The maximum atomic E-state index is 10.9. The molecule has 100 valence electrons. The van der Waals surface area contributed by atoms with Gasteiger partial charge in [0.15, 0.2) is 0 Å². The minimum Gasteiger partial charge on any atom is -0.467 e. The van der Waals surface area contributed by atoms with E-state index in [1.807, 2.05) is 13.8 Å². The Balaban J connectivity index is 2.92. The molecule has 4 N–H and O–H groups in total. The lowest BCUT2D eigenvalue weighted by Gasteiger charge is -2.24. The van der Waals surface area contributed by atoms with Crippen molar-refractivity contribution in [3.8, 4) is 6.01 Å². The molecule has 18 heavy (non-hydrogen) atoms. The van der Waals surface area contributed by atoms with Crippen molar-refractivity contribution in [1.82, 2.24) is 15.0 Å². The highest BCUT2D eigenvalue weighted by Gasteiger charge is 2.22. The molecule has 1 amide bonds. The van der Waals surface area contributed by atoms with Gasteiger partial charge in [0, 0.05) is 19.0 Å². The smallest absolute Gasteiger partial charge is 0.322 e. The summed E-state index contributed by atoms with van der Waals surface area (Å²) < 4.78 is 4.96. The van der Waals surface area contributed by atoms with E-state index in [1.54, 1.807) is 7.05 Å². The fraction of sp³-hybridized carbons (Fsp3) is 0.600. The van der Waals surface area contributed by atoms with Gasteiger partial charge in [0.1, 0.15) is 0 Å². The summed E-state index contributed by atoms with van der Waals surface area (Å²) in [7, 11) is 3.15. The van der Waals surface area contributed by atoms with Gasteiger partial charge in [0.2, 0.25) is 17.8 Å². The number of primary amides is 1. The summed E-state index contributed by atoms with van der Waals surface area (Å²) in [5.41, 5.74) is 4.62. The van der Waals surface area contributed by atoms with Crippen LogP contribution in [0.25, 0.3) is 0 Å². The minimum atomic E-state index is -0.552. The zero-order valence-corrected chi connectivity index (χ0v) is 10.9. The third-order valence-corrected chi connectivity index (χ3v) is 2.09. The van der Waals surface area contributed by atoms with Gasteiger partial charge in [-0.25, -0.2) is 0 Å². The number of aromatic nitrogens is 3. The Morgan fingerprint density at radius 3 is 2.44 bits per heavy atom. The summed E-state index contributed by atoms with van der Waals surface area (Å²) in [5.74, 6) is 0.291. The van der Waals surface area contributed by atoms with Crippen LogP contribution in [0.3, 0.4) is 0 Å². The van der Waals surface area contributed by atoms with E-state index in [4.69, 9.17) is 10.5 Å². The molecule has 8 nitrogen and oxygen atoms in total. The molecule has 1 rings (SSSR count). The molecule has 8 heteroatoms. The van der Waals surface area contributed by atoms with Crippen molar-refractivity contribution in [2.24, 2.45) is 5.73 Å². The molecule has 0 radical (unpaired) electrons. The molecule has 0 aromatic carbocycles. The summed E-state index contributed by atoms with van der Waals surface area (Å²) in [5, 5.41) is 5.81. The molecule has 0 unspecified atom stereocenters. The lowest BCUT2D eigenvalue weighted by atomic mass is 10.0. The van der Waals surface area contributed by atoms with E-state index in [9.17, 15) is 4.79 Å². The quantitative estimate of drug-likeness (QED) is 0.653. The second-order valence-electron chi connectivity index (χ2n) is 4.37. The number of hydrogen-bond acceptors (Lipinski definition) is 7. The number of nitrogens with one attached hydrogen (secondary N) is 2. The number of carbonyl (C=O) groups excluding carboxylic acids is 1. The first kappa shape index (κ1) is 13.9. The number of rotatable bonds is 6. The highest BCUT2D eigenvalue weighted by Crippen LogP contribution is 2.17. The van der Waals surface area contributed by atoms with Crippen LogP contribution in [0, 0.1) is 0 Å². The first-order valence-electron chi connectivity index (χ1n) is 5.40. The zero-order chi connectivity index (χ0) is 13.8. The van der Waals surface area contributed by atoms with Crippen LogP contribution in [0.1, 0.15) is 20.3 Å². The maximum Gasteiger partial charge on any atom is 0.322 e. The van der Waals surface area contributed by atoms with Gasteiger partial charge in [-0.1, -0.05) is 0 Å². The first-order valence-corrected chi connectivity index (χ1v) is 5.40. The largest absolute Gasteiger partial charge is 0.467 e. The molecular weight excluding hydrogens is 236 g/mol. The summed E-state index contributed by atoms with van der Waals surface area (Å²) in [6, 6.07) is 0.187. The van der Waals surface area contributed by atoms with E-state index in [2.05, 4.69) is 25.6 Å².